The molecule has 0 saturated heterocycles. The van der Waals surface area contributed by atoms with E-state index < -0.39 is 15.6 Å². The third-order valence-electron chi connectivity index (χ3n) is 2.71. The smallest absolute Gasteiger partial charge is 0.303 e. The van der Waals surface area contributed by atoms with Gasteiger partial charge in [0.1, 0.15) is 0 Å². The van der Waals surface area contributed by atoms with Gasteiger partial charge in [0.05, 0.1) is 0 Å². The van der Waals surface area contributed by atoms with Gasteiger partial charge in [-0.05, 0) is 0 Å². The molecule has 0 atom stereocenters. The molecule has 0 heterocycles. The van der Waals surface area contributed by atoms with Crippen molar-refractivity contribution >= 4 is 64.6 Å². The molecule has 0 fully saturated rings. The average Bonchev–Trinajstić information content (AvgIpc) is 2.33. The molecule has 0 rings (SSSR count). The summed E-state index contributed by atoms with van der Waals surface area (Å²) in [5.74, 6) is 0. The van der Waals surface area contributed by atoms with Crippen LogP contribution in [0.2, 0.25) is 0.515 Å². The summed E-state index contributed by atoms with van der Waals surface area (Å²) < 4.78 is 19.3. The monoisotopic (exact) mass is 404 g/mol. The molecule has 0 bridgehead atoms. The molecule has 8 nitrogen and oxygen atoms in total. The van der Waals surface area contributed by atoms with E-state index in [2.05, 4.69) is 6.92 Å². The molecule has 0 aliphatic heterocycles. The minimum Gasteiger partial charge on any atom is -0.303 e. The van der Waals surface area contributed by atoms with Crippen molar-refractivity contribution in [3.05, 3.63) is 0 Å². The topological polar surface area (TPSA) is 156 Å². The van der Waals surface area contributed by atoms with Crippen LogP contribution in [-0.2, 0) is 9.13 Å². The average molecular weight is 404 g/mol. The first kappa shape index (κ1) is 29.6. The summed E-state index contributed by atoms with van der Waals surface area (Å²) in [5.41, 5.74) is 0. The van der Waals surface area contributed by atoms with Crippen LogP contribution in [0.3, 0.4) is 0 Å². The van der Waals surface area contributed by atoms with Gasteiger partial charge in [-0.3, -0.25) is 0 Å². The maximum Gasteiger partial charge on any atom is 0.466 e. The number of phosphoric acid groups is 2. The van der Waals surface area contributed by atoms with Gasteiger partial charge in [0.2, 0.25) is 0 Å². The summed E-state index contributed by atoms with van der Waals surface area (Å²) in [5, 5.41) is 0. The van der Waals surface area contributed by atoms with E-state index in [0.717, 1.165) is 49.0 Å². The SMILES string of the molecule is CCCCCCCCCCC[CH2][K].O=P(O)(O)O.O=P(O)(O)O. The van der Waals surface area contributed by atoms with E-state index in [0.29, 0.717) is 0 Å². The van der Waals surface area contributed by atoms with E-state index in [-0.39, 0.29) is 0 Å². The van der Waals surface area contributed by atoms with Crippen LogP contribution < -0.4 is 0 Å². The standard InChI is InChI=1S/C12H25.K.2H3O4P/c1-3-5-7-9-11-12-10-8-6-4-2;;2*1-5(2,3)4/h1,3-12H2,2H3;;2*(H3,1,2,3,4). The molecule has 0 aliphatic carbocycles. The molecule has 6 N–H and O–H groups in total. The zero-order valence-corrected chi connectivity index (χ0v) is 19.1. The van der Waals surface area contributed by atoms with E-state index in [4.69, 9.17) is 38.5 Å². The van der Waals surface area contributed by atoms with Gasteiger partial charge in [-0.25, -0.2) is 9.13 Å². The number of hydrogen-bond donors (Lipinski definition) is 6. The Morgan fingerprint density at radius 1 is 0.609 bits per heavy atom. The molecular weight excluding hydrogens is 373 g/mol. The van der Waals surface area contributed by atoms with Crippen LogP contribution in [0, 0.1) is 0 Å². The van der Waals surface area contributed by atoms with Crippen LogP contribution >= 0.6 is 15.6 Å². The maximum atomic E-state index is 8.88. The number of hydrogen-bond acceptors (Lipinski definition) is 2. The summed E-state index contributed by atoms with van der Waals surface area (Å²) >= 11 is 1.10. The second-order valence-electron chi connectivity index (χ2n) is 5.21. The fourth-order valence-electron chi connectivity index (χ4n) is 1.74. The van der Waals surface area contributed by atoms with E-state index in [1.165, 1.54) is 64.2 Å². The molecule has 0 aromatic rings. The van der Waals surface area contributed by atoms with Gasteiger partial charge in [-0.1, -0.05) is 0 Å². The van der Waals surface area contributed by atoms with Crippen LogP contribution in [0.15, 0.2) is 0 Å². The first-order valence-electron chi connectivity index (χ1n) is 7.98. The molecule has 0 saturated carbocycles. The Hall–Kier alpha value is 1.86. The summed E-state index contributed by atoms with van der Waals surface area (Å²) in [6, 6.07) is 0. The van der Waals surface area contributed by atoms with Gasteiger partial charge in [-0.15, -0.1) is 0 Å². The molecule has 0 radical (unpaired) electrons. The molecule has 0 aliphatic rings. The molecule has 0 amide bonds. The molecule has 0 aromatic heterocycles. The van der Waals surface area contributed by atoms with Crippen molar-refractivity contribution in [1.82, 2.24) is 0 Å². The molecule has 11 heteroatoms. The summed E-state index contributed by atoms with van der Waals surface area (Å²) in [6.07, 6.45) is 14.8. The van der Waals surface area contributed by atoms with E-state index in [9.17, 15) is 0 Å². The fraction of sp³-hybridized carbons (Fsp3) is 1.00. The van der Waals surface area contributed by atoms with Crippen LogP contribution in [0.25, 0.3) is 0 Å². The van der Waals surface area contributed by atoms with Gasteiger partial charge in [0.25, 0.3) is 0 Å². The zero-order valence-electron chi connectivity index (χ0n) is 14.2. The van der Waals surface area contributed by atoms with Crippen molar-refractivity contribution in [2.75, 3.05) is 0 Å². The van der Waals surface area contributed by atoms with Gasteiger partial charge in [-0.2, -0.15) is 0 Å². The largest absolute Gasteiger partial charge is 0.466 e. The molecular formula is C12H31KO8P2. The van der Waals surface area contributed by atoms with Crippen LogP contribution in [0.4, 0.5) is 0 Å². The molecule has 138 valence electrons. The van der Waals surface area contributed by atoms with E-state index >= 15 is 0 Å². The summed E-state index contributed by atoms with van der Waals surface area (Å²) in [7, 11) is -9.28. The maximum absolute atomic E-state index is 8.88. The fourth-order valence-corrected chi connectivity index (χ4v) is 2.52. The third-order valence-corrected chi connectivity index (χ3v) is 3.81. The van der Waals surface area contributed by atoms with Crippen molar-refractivity contribution < 1.29 is 38.5 Å². The van der Waals surface area contributed by atoms with E-state index in [1.54, 1.807) is 0.515 Å². The second-order valence-corrected chi connectivity index (χ2v) is 8.82. The minimum absolute atomic E-state index is 1.10. The zero-order chi connectivity index (χ0) is 18.8. The molecule has 0 aromatic carbocycles. The Morgan fingerprint density at radius 3 is 1.04 bits per heavy atom. The van der Waals surface area contributed by atoms with Crippen LogP contribution in [0.5, 0.6) is 0 Å². The number of rotatable bonds is 10. The van der Waals surface area contributed by atoms with E-state index in [1.807, 2.05) is 0 Å². The van der Waals surface area contributed by atoms with Crippen LogP contribution in [-0.4, -0.2) is 78.3 Å². The molecule has 0 unspecified atom stereocenters. The van der Waals surface area contributed by atoms with Gasteiger partial charge < -0.3 is 29.4 Å². The van der Waals surface area contributed by atoms with Crippen LogP contribution in [0.1, 0.15) is 71.1 Å². The quantitative estimate of drug-likeness (QED) is 0.184. The molecule has 0 spiro atoms. The van der Waals surface area contributed by atoms with Gasteiger partial charge >= 0.3 is 136 Å². The first-order valence-corrected chi connectivity index (χ1v) is 13.3. The van der Waals surface area contributed by atoms with Crippen molar-refractivity contribution in [2.24, 2.45) is 0 Å². The second kappa shape index (κ2) is 20.2. The van der Waals surface area contributed by atoms with Crippen molar-refractivity contribution in [2.45, 2.75) is 71.6 Å². The Labute approximate surface area is 173 Å². The first-order chi connectivity index (χ1) is 10.4. The normalized spacial score (nSPS) is 11.2. The van der Waals surface area contributed by atoms with Crippen molar-refractivity contribution in [1.29, 1.82) is 0 Å². The van der Waals surface area contributed by atoms with Gasteiger partial charge in [0.15, 0.2) is 0 Å². The minimum atomic E-state index is -4.64. The Kier molecular flexibility index (Phi) is 26.0. The Bertz CT molecular complexity index is 272. The van der Waals surface area contributed by atoms with Crippen molar-refractivity contribution in [3.8, 4) is 0 Å². The van der Waals surface area contributed by atoms with Crippen molar-refractivity contribution in [3.63, 3.8) is 0 Å². The summed E-state index contributed by atoms with van der Waals surface area (Å²) in [4.78, 5) is 43.1. The predicted molar refractivity (Wildman–Crippen MR) is 90.9 cm³/mol. The Balaban J connectivity index is -0.000000329. The third kappa shape index (κ3) is 81.1. The Morgan fingerprint density at radius 2 is 0.826 bits per heavy atom. The predicted octanol–water partition coefficient (Wildman–Crippen LogP) is 2.64. The molecule has 23 heavy (non-hydrogen) atoms. The summed E-state index contributed by atoms with van der Waals surface area (Å²) in [6.45, 7) is 2.29. The van der Waals surface area contributed by atoms with Gasteiger partial charge in [0, 0.05) is 0 Å². The number of unbranched alkanes of at least 4 members (excludes halogenated alkanes) is 9.